The predicted octanol–water partition coefficient (Wildman–Crippen LogP) is 3.65. The van der Waals surface area contributed by atoms with E-state index >= 15 is 0 Å². The van der Waals surface area contributed by atoms with E-state index in [2.05, 4.69) is 41.5 Å². The van der Waals surface area contributed by atoms with Gasteiger partial charge in [-0.2, -0.15) is 0 Å². The number of hydrogen-bond donors (Lipinski definition) is 0. The van der Waals surface area contributed by atoms with Crippen molar-refractivity contribution in [2.75, 3.05) is 0 Å². The summed E-state index contributed by atoms with van der Waals surface area (Å²) in [7, 11) is 1.36. The van der Waals surface area contributed by atoms with Crippen LogP contribution in [-0.4, -0.2) is 10.2 Å². The molecule has 86 valence electrons. The second kappa shape index (κ2) is 5.94. The van der Waals surface area contributed by atoms with Crippen molar-refractivity contribution in [2.45, 2.75) is 65.8 Å². The third-order valence-electron chi connectivity index (χ3n) is 2.70. The smallest absolute Gasteiger partial charge is 0.0107 e. The van der Waals surface area contributed by atoms with Gasteiger partial charge in [0.2, 0.25) is 0 Å². The molecule has 0 saturated carbocycles. The lowest BCUT2D eigenvalue weighted by Gasteiger charge is -2.35. The lowest BCUT2D eigenvalue weighted by Crippen LogP contribution is -2.20. The maximum Gasteiger partial charge on any atom is 0.0107 e. The summed E-state index contributed by atoms with van der Waals surface area (Å²) in [6, 6.07) is 0. The van der Waals surface area contributed by atoms with E-state index in [4.69, 9.17) is 0 Å². The topological polar surface area (TPSA) is 0 Å². The molecule has 1 heteroatoms. The Morgan fingerprint density at radius 3 is 1.07 bits per heavy atom. The van der Waals surface area contributed by atoms with Crippen LogP contribution in [0.15, 0.2) is 0 Å². The maximum absolute atomic E-state index is 2.37. The summed E-state index contributed by atoms with van der Waals surface area (Å²) in [5, 5.41) is 0.705. The van der Waals surface area contributed by atoms with Crippen LogP contribution < -0.4 is 0 Å². The highest BCUT2D eigenvalue weighted by Gasteiger charge is 2.27. The summed E-state index contributed by atoms with van der Waals surface area (Å²) in [6.07, 6.45) is 4.32. The lowest BCUT2D eigenvalue weighted by molar-refractivity contribution is 0.313. The molecule has 0 aromatic heterocycles. The summed E-state index contributed by atoms with van der Waals surface area (Å²) in [6.45, 7) is 14.2. The maximum atomic E-state index is 2.37. The molecule has 0 saturated heterocycles. The fourth-order valence-electron chi connectivity index (χ4n) is 3.21. The molecule has 0 N–H and O–H groups in total. The van der Waals surface area contributed by atoms with Gasteiger partial charge in [0, 0.05) is 10.2 Å². The van der Waals surface area contributed by atoms with Crippen LogP contribution in [0.3, 0.4) is 0 Å². The lowest BCUT2D eigenvalue weighted by atomic mass is 9.82. The number of rotatable bonds is 6. The Balaban J connectivity index is 4.32. The first kappa shape index (κ1) is 14.2. The first-order valence-corrected chi connectivity index (χ1v) is 7.25. The Hall–Kier alpha value is 0.217. The largest absolute Gasteiger partial charge is 0.0628 e. The molecule has 0 fully saturated rings. The summed E-state index contributed by atoms with van der Waals surface area (Å²) >= 11 is 0. The monoisotopic (exact) mass is 214 g/mol. The van der Waals surface area contributed by atoms with Crippen LogP contribution in [-0.2, 0) is 0 Å². The van der Waals surface area contributed by atoms with Crippen molar-refractivity contribution in [3.05, 3.63) is 0 Å². The van der Waals surface area contributed by atoms with E-state index in [1.165, 1.54) is 29.5 Å². The van der Waals surface area contributed by atoms with Crippen LogP contribution in [0, 0.1) is 17.8 Å². The second-order valence-corrected chi connectivity index (χ2v) is 8.73. The highest BCUT2D eigenvalue weighted by atomic mass is 28.1. The Morgan fingerprint density at radius 2 is 0.929 bits per heavy atom. The molecule has 0 aromatic rings. The molecule has 0 rings (SSSR count). The first-order chi connectivity index (χ1) is 6.25. The second-order valence-electron chi connectivity index (χ2n) is 6.60. The fourth-order valence-corrected chi connectivity index (χ4v) is 5.66. The van der Waals surface area contributed by atoms with Crippen LogP contribution >= 0.6 is 0 Å². The van der Waals surface area contributed by atoms with Crippen molar-refractivity contribution in [3.63, 3.8) is 0 Å². The van der Waals surface area contributed by atoms with Gasteiger partial charge in [0.1, 0.15) is 0 Å². The van der Waals surface area contributed by atoms with Crippen molar-refractivity contribution >= 4 is 10.2 Å². The van der Waals surface area contributed by atoms with E-state index in [9.17, 15) is 0 Å². The van der Waals surface area contributed by atoms with Crippen molar-refractivity contribution in [1.82, 2.24) is 0 Å². The van der Waals surface area contributed by atoms with E-state index in [0.717, 1.165) is 17.8 Å². The van der Waals surface area contributed by atoms with Gasteiger partial charge < -0.3 is 0 Å². The fraction of sp³-hybridized carbons (Fsp3) is 1.00. The highest BCUT2D eigenvalue weighted by molar-refractivity contribution is 6.15. The minimum atomic E-state index is 0.705. The third kappa shape index (κ3) is 6.64. The van der Waals surface area contributed by atoms with Gasteiger partial charge >= 0.3 is 0 Å². The summed E-state index contributed by atoms with van der Waals surface area (Å²) < 4.78 is 0. The van der Waals surface area contributed by atoms with E-state index < -0.39 is 0 Å². The average molecular weight is 214 g/mol. The Bertz CT molecular complexity index is 121. The minimum absolute atomic E-state index is 0.705. The zero-order valence-corrected chi connectivity index (χ0v) is 13.4. The van der Waals surface area contributed by atoms with Crippen molar-refractivity contribution in [3.8, 4) is 0 Å². The van der Waals surface area contributed by atoms with E-state index in [1.54, 1.807) is 0 Å². The normalized spacial score (nSPS) is 13.5. The highest BCUT2D eigenvalue weighted by Crippen LogP contribution is 2.43. The van der Waals surface area contributed by atoms with Crippen LogP contribution in [0.4, 0.5) is 0 Å². The molecule has 0 aliphatic rings. The molecular formula is C13H30Si. The van der Waals surface area contributed by atoms with Gasteiger partial charge in [0.15, 0.2) is 0 Å². The molecule has 0 unspecified atom stereocenters. The molecule has 0 spiro atoms. The van der Waals surface area contributed by atoms with Gasteiger partial charge in [-0.15, -0.1) is 0 Å². The molecule has 0 aliphatic carbocycles. The Kier molecular flexibility index (Phi) is 6.04. The summed E-state index contributed by atoms with van der Waals surface area (Å²) in [4.78, 5) is 0. The number of hydrogen-bond acceptors (Lipinski definition) is 0. The molecule has 0 amide bonds. The Labute approximate surface area is 94.3 Å². The zero-order valence-electron chi connectivity index (χ0n) is 11.4. The van der Waals surface area contributed by atoms with Gasteiger partial charge in [-0.05, 0) is 42.1 Å². The SMILES string of the molecule is CC(C)CC([SiH3])(CC(C)C)CC(C)C. The van der Waals surface area contributed by atoms with E-state index in [1.807, 2.05) is 0 Å². The average Bonchev–Trinajstić information content (AvgIpc) is 1.76. The van der Waals surface area contributed by atoms with Crippen LogP contribution in [0.5, 0.6) is 0 Å². The minimum Gasteiger partial charge on any atom is -0.0628 e. The summed E-state index contributed by atoms with van der Waals surface area (Å²) in [5.74, 6) is 2.60. The quantitative estimate of drug-likeness (QED) is 0.592. The van der Waals surface area contributed by atoms with Gasteiger partial charge in [-0.3, -0.25) is 0 Å². The molecule has 0 nitrogen and oxygen atoms in total. The molecule has 14 heavy (non-hydrogen) atoms. The molecular weight excluding hydrogens is 184 g/mol. The molecule has 0 bridgehead atoms. The van der Waals surface area contributed by atoms with Crippen LogP contribution in [0.2, 0.25) is 5.04 Å². The van der Waals surface area contributed by atoms with E-state index in [-0.39, 0.29) is 0 Å². The molecule has 0 aromatic carbocycles. The summed E-state index contributed by atoms with van der Waals surface area (Å²) in [5.41, 5.74) is 0. The third-order valence-corrected chi connectivity index (χ3v) is 3.93. The van der Waals surface area contributed by atoms with Crippen LogP contribution in [0.1, 0.15) is 60.8 Å². The first-order valence-electron chi connectivity index (χ1n) is 6.25. The van der Waals surface area contributed by atoms with Gasteiger partial charge in [0.05, 0.1) is 0 Å². The standard InChI is InChI=1S/C13H30Si/c1-10(2)7-13(14,8-11(3)4)9-12(5)6/h10-12H,7-9H2,1-6,14H3. The van der Waals surface area contributed by atoms with Crippen molar-refractivity contribution in [2.24, 2.45) is 17.8 Å². The Morgan fingerprint density at radius 1 is 0.714 bits per heavy atom. The molecule has 0 atom stereocenters. The van der Waals surface area contributed by atoms with Crippen molar-refractivity contribution < 1.29 is 0 Å². The molecule has 0 aliphatic heterocycles. The van der Waals surface area contributed by atoms with E-state index in [0.29, 0.717) is 5.04 Å². The predicted molar refractivity (Wildman–Crippen MR) is 71.0 cm³/mol. The molecule has 0 radical (unpaired) electrons. The van der Waals surface area contributed by atoms with Gasteiger partial charge in [-0.1, -0.05) is 41.5 Å². The zero-order chi connectivity index (χ0) is 11.4. The molecule has 0 heterocycles. The van der Waals surface area contributed by atoms with Gasteiger partial charge in [0.25, 0.3) is 0 Å². The van der Waals surface area contributed by atoms with Crippen molar-refractivity contribution in [1.29, 1.82) is 0 Å². The van der Waals surface area contributed by atoms with Gasteiger partial charge in [-0.25, -0.2) is 0 Å². The van der Waals surface area contributed by atoms with Crippen LogP contribution in [0.25, 0.3) is 0 Å².